The molecule has 1 aromatic carbocycles. The lowest BCUT2D eigenvalue weighted by molar-refractivity contribution is 0.102. The first-order valence-corrected chi connectivity index (χ1v) is 8.58. The molecule has 0 saturated heterocycles. The van der Waals surface area contributed by atoms with Crippen LogP contribution in [0.25, 0.3) is 10.9 Å². The van der Waals surface area contributed by atoms with E-state index in [0.29, 0.717) is 16.7 Å². The Bertz CT molecular complexity index is 889. The van der Waals surface area contributed by atoms with Crippen LogP contribution in [0.15, 0.2) is 35.0 Å². The van der Waals surface area contributed by atoms with E-state index in [1.165, 1.54) is 29.9 Å². The molecule has 0 spiro atoms. The average molecular weight is 326 g/mol. The minimum Gasteiger partial charge on any atom is -0.495 e. The summed E-state index contributed by atoms with van der Waals surface area (Å²) in [5.41, 5.74) is 4.07. The van der Waals surface area contributed by atoms with Crippen LogP contribution in [-0.4, -0.2) is 18.0 Å². The van der Waals surface area contributed by atoms with Gasteiger partial charge in [-0.1, -0.05) is 6.92 Å². The Labute approximate surface area is 138 Å². The van der Waals surface area contributed by atoms with Crippen LogP contribution < -0.4 is 10.1 Å². The maximum atomic E-state index is 12.4. The van der Waals surface area contributed by atoms with Crippen molar-refractivity contribution >= 4 is 33.8 Å². The Morgan fingerprint density at radius 1 is 1.30 bits per heavy atom. The maximum Gasteiger partial charge on any atom is 0.260 e. The molecule has 5 heteroatoms. The van der Waals surface area contributed by atoms with E-state index in [-0.39, 0.29) is 5.91 Å². The Morgan fingerprint density at radius 2 is 2.13 bits per heavy atom. The molecule has 1 aliphatic carbocycles. The minimum atomic E-state index is -0.146. The number of aromatic amines is 1. The molecule has 4 nitrogen and oxygen atoms in total. The zero-order chi connectivity index (χ0) is 16.0. The second-order valence-electron chi connectivity index (χ2n) is 6.35. The number of methoxy groups -OCH3 is 1. The van der Waals surface area contributed by atoms with Gasteiger partial charge in [0.2, 0.25) is 0 Å². The smallest absolute Gasteiger partial charge is 0.260 e. The number of amides is 1. The fourth-order valence-electron chi connectivity index (χ4n) is 2.80. The van der Waals surface area contributed by atoms with Crippen LogP contribution in [0.1, 0.15) is 35.8 Å². The second-order valence-corrected chi connectivity index (χ2v) is 7.10. The number of carbonyl (C=O) groups excluding carboxylic acids is 1. The first-order chi connectivity index (χ1) is 11.1. The van der Waals surface area contributed by atoms with Gasteiger partial charge >= 0.3 is 0 Å². The van der Waals surface area contributed by atoms with Crippen LogP contribution in [0.5, 0.6) is 5.75 Å². The van der Waals surface area contributed by atoms with E-state index in [9.17, 15) is 4.79 Å². The number of aromatic nitrogens is 1. The van der Waals surface area contributed by atoms with Crippen LogP contribution in [0.4, 0.5) is 5.69 Å². The summed E-state index contributed by atoms with van der Waals surface area (Å²) in [7, 11) is 1.57. The minimum absolute atomic E-state index is 0.146. The van der Waals surface area contributed by atoms with Crippen LogP contribution in [0.2, 0.25) is 0 Å². The van der Waals surface area contributed by atoms with Crippen molar-refractivity contribution in [3.63, 3.8) is 0 Å². The zero-order valence-corrected chi connectivity index (χ0v) is 13.9. The number of hydrogen-bond donors (Lipinski definition) is 2. The monoisotopic (exact) mass is 326 g/mol. The van der Waals surface area contributed by atoms with Gasteiger partial charge in [0.25, 0.3) is 5.91 Å². The normalized spacial score (nSPS) is 15.6. The summed E-state index contributed by atoms with van der Waals surface area (Å²) in [6.45, 7) is 2.28. The zero-order valence-electron chi connectivity index (χ0n) is 13.1. The summed E-state index contributed by atoms with van der Waals surface area (Å²) in [6.07, 6.45) is 2.47. The third-order valence-corrected chi connectivity index (χ3v) is 5.34. The number of nitrogens with one attached hydrogen (secondary N) is 2. The molecule has 0 aliphatic heterocycles. The molecular formula is C18H18N2O2S. The lowest BCUT2D eigenvalue weighted by atomic mass is 10.1. The highest BCUT2D eigenvalue weighted by Gasteiger charge is 2.40. The van der Waals surface area contributed by atoms with Crippen LogP contribution in [0, 0.1) is 0 Å². The predicted octanol–water partition coefficient (Wildman–Crippen LogP) is 4.54. The first-order valence-electron chi connectivity index (χ1n) is 7.64. The summed E-state index contributed by atoms with van der Waals surface area (Å²) in [5.74, 6) is 0.464. The summed E-state index contributed by atoms with van der Waals surface area (Å²) in [6, 6.07) is 8.15. The molecular weight excluding hydrogens is 308 g/mol. The van der Waals surface area contributed by atoms with Gasteiger partial charge in [-0.15, -0.1) is 11.3 Å². The van der Waals surface area contributed by atoms with E-state index in [1.807, 2.05) is 23.6 Å². The Balaban J connectivity index is 1.60. The lowest BCUT2D eigenvalue weighted by Crippen LogP contribution is -2.11. The third kappa shape index (κ3) is 2.51. The number of ether oxygens (including phenoxy) is 1. The highest BCUT2D eigenvalue weighted by molar-refractivity contribution is 7.08. The van der Waals surface area contributed by atoms with E-state index < -0.39 is 0 Å². The number of carbonyl (C=O) groups is 1. The van der Waals surface area contributed by atoms with Crippen LogP contribution >= 0.6 is 11.3 Å². The van der Waals surface area contributed by atoms with Crippen molar-refractivity contribution in [3.05, 3.63) is 46.3 Å². The van der Waals surface area contributed by atoms with Crippen molar-refractivity contribution < 1.29 is 9.53 Å². The maximum absolute atomic E-state index is 12.4. The van der Waals surface area contributed by atoms with Gasteiger partial charge in [0.15, 0.2) is 0 Å². The van der Waals surface area contributed by atoms with Crippen molar-refractivity contribution in [2.75, 3.05) is 12.4 Å². The van der Waals surface area contributed by atoms with E-state index in [0.717, 1.165) is 16.6 Å². The summed E-state index contributed by atoms with van der Waals surface area (Å²) in [4.78, 5) is 15.9. The van der Waals surface area contributed by atoms with E-state index >= 15 is 0 Å². The lowest BCUT2D eigenvalue weighted by Gasteiger charge is -2.06. The highest BCUT2D eigenvalue weighted by Crippen LogP contribution is 2.47. The molecule has 118 valence electrons. The van der Waals surface area contributed by atoms with Gasteiger partial charge in [-0.3, -0.25) is 4.79 Å². The number of anilines is 1. The number of H-pyrrole nitrogens is 1. The van der Waals surface area contributed by atoms with Gasteiger partial charge in [0.1, 0.15) is 5.75 Å². The molecule has 1 saturated carbocycles. The summed E-state index contributed by atoms with van der Waals surface area (Å²) in [5, 5.41) is 7.70. The molecule has 2 heterocycles. The third-order valence-electron chi connectivity index (χ3n) is 4.62. The molecule has 1 aliphatic rings. The fraction of sp³-hybridized carbons (Fsp3) is 0.278. The molecule has 23 heavy (non-hydrogen) atoms. The van der Waals surface area contributed by atoms with Crippen molar-refractivity contribution in [2.45, 2.75) is 25.2 Å². The SMILES string of the molecule is COc1cscc1C(=O)Nc1ccc2[nH]c(C3(C)CC3)cc2c1. The number of hydrogen-bond acceptors (Lipinski definition) is 3. The number of benzene rings is 1. The van der Waals surface area contributed by atoms with Gasteiger partial charge in [0, 0.05) is 38.5 Å². The molecule has 3 aromatic rings. The topological polar surface area (TPSA) is 54.1 Å². The van der Waals surface area contributed by atoms with E-state index in [2.05, 4.69) is 23.3 Å². The molecule has 0 radical (unpaired) electrons. The Morgan fingerprint density at radius 3 is 2.87 bits per heavy atom. The van der Waals surface area contributed by atoms with Gasteiger partial charge in [-0.2, -0.15) is 0 Å². The quantitative estimate of drug-likeness (QED) is 0.739. The molecule has 4 rings (SSSR count). The summed E-state index contributed by atoms with van der Waals surface area (Å²) < 4.78 is 5.21. The van der Waals surface area contributed by atoms with Gasteiger partial charge in [0.05, 0.1) is 12.7 Å². The van der Waals surface area contributed by atoms with Gasteiger partial charge < -0.3 is 15.0 Å². The molecule has 1 amide bonds. The van der Waals surface area contributed by atoms with Crippen molar-refractivity contribution in [3.8, 4) is 5.75 Å². The number of fused-ring (bicyclic) bond motifs is 1. The van der Waals surface area contributed by atoms with Gasteiger partial charge in [-0.25, -0.2) is 0 Å². The van der Waals surface area contributed by atoms with E-state index in [1.54, 1.807) is 12.5 Å². The number of thiophene rings is 1. The van der Waals surface area contributed by atoms with Crippen LogP contribution in [0.3, 0.4) is 0 Å². The highest BCUT2D eigenvalue weighted by atomic mass is 32.1. The molecule has 0 atom stereocenters. The standard InChI is InChI=1S/C18H18N2O2S/c1-18(5-6-18)16-8-11-7-12(3-4-14(11)20-16)19-17(21)13-9-23-10-15(13)22-2/h3-4,7-10,20H,5-6H2,1-2H3,(H,19,21). The fourth-order valence-corrected chi connectivity index (χ4v) is 3.57. The van der Waals surface area contributed by atoms with Crippen molar-refractivity contribution in [1.82, 2.24) is 4.98 Å². The average Bonchev–Trinajstić information content (AvgIpc) is 3.00. The number of rotatable bonds is 4. The largest absolute Gasteiger partial charge is 0.495 e. The van der Waals surface area contributed by atoms with Crippen molar-refractivity contribution in [1.29, 1.82) is 0 Å². The molecule has 2 aromatic heterocycles. The Kier molecular flexibility index (Phi) is 3.20. The van der Waals surface area contributed by atoms with E-state index in [4.69, 9.17) is 4.74 Å². The molecule has 2 N–H and O–H groups in total. The first kappa shape index (κ1) is 14.3. The molecule has 0 bridgehead atoms. The molecule has 0 unspecified atom stereocenters. The molecule has 1 fully saturated rings. The summed E-state index contributed by atoms with van der Waals surface area (Å²) >= 11 is 1.45. The Hall–Kier alpha value is -2.27. The van der Waals surface area contributed by atoms with Gasteiger partial charge in [-0.05, 0) is 37.1 Å². The van der Waals surface area contributed by atoms with Crippen LogP contribution in [-0.2, 0) is 5.41 Å². The second kappa shape index (κ2) is 5.13. The van der Waals surface area contributed by atoms with Crippen molar-refractivity contribution in [2.24, 2.45) is 0 Å². The predicted molar refractivity (Wildman–Crippen MR) is 93.7 cm³/mol.